The lowest BCUT2D eigenvalue weighted by Gasteiger charge is -2.10. The molecule has 2 rings (SSSR count). The molecule has 0 aliphatic heterocycles. The van der Waals surface area contributed by atoms with Gasteiger partial charge < -0.3 is 10.5 Å². The zero-order chi connectivity index (χ0) is 15.6. The zero-order valence-electron chi connectivity index (χ0n) is 11.7. The van der Waals surface area contributed by atoms with Crippen molar-refractivity contribution in [1.82, 2.24) is 0 Å². The minimum atomic E-state index is -0.508. The highest BCUT2D eigenvalue weighted by molar-refractivity contribution is 6.32. The van der Waals surface area contributed by atoms with E-state index in [0.29, 0.717) is 5.75 Å². The summed E-state index contributed by atoms with van der Waals surface area (Å²) in [6.07, 6.45) is 0. The summed E-state index contributed by atoms with van der Waals surface area (Å²) < 4.78 is 5.68. The first kappa shape index (κ1) is 15.1. The van der Waals surface area contributed by atoms with Crippen LogP contribution in [0.2, 0.25) is 5.02 Å². The molecule has 0 saturated carbocycles. The van der Waals surface area contributed by atoms with Gasteiger partial charge in [0.25, 0.3) is 5.69 Å². The molecule has 2 N–H and O–H groups in total. The number of benzene rings is 2. The highest BCUT2D eigenvalue weighted by atomic mass is 35.5. The molecule has 0 radical (unpaired) electrons. The van der Waals surface area contributed by atoms with Crippen molar-refractivity contribution in [3.8, 4) is 5.75 Å². The second-order valence-corrected chi connectivity index (χ2v) is 5.19. The van der Waals surface area contributed by atoms with Crippen molar-refractivity contribution in [1.29, 1.82) is 0 Å². The van der Waals surface area contributed by atoms with E-state index in [1.165, 1.54) is 6.07 Å². The van der Waals surface area contributed by atoms with Gasteiger partial charge in [-0.15, -0.1) is 0 Å². The Labute approximate surface area is 127 Å². The molecule has 0 spiro atoms. The van der Waals surface area contributed by atoms with Gasteiger partial charge in [0, 0.05) is 11.1 Å². The van der Waals surface area contributed by atoms with E-state index in [2.05, 4.69) is 0 Å². The highest BCUT2D eigenvalue weighted by Crippen LogP contribution is 2.27. The number of ether oxygens (including phenoxy) is 1. The third kappa shape index (κ3) is 3.44. The largest absolute Gasteiger partial charge is 0.489 e. The van der Waals surface area contributed by atoms with Crippen molar-refractivity contribution in [2.45, 2.75) is 20.5 Å². The van der Waals surface area contributed by atoms with Gasteiger partial charge in [0.2, 0.25) is 0 Å². The summed E-state index contributed by atoms with van der Waals surface area (Å²) in [5.74, 6) is 0.700. The molecule has 6 heteroatoms. The Bertz CT molecular complexity index is 678. The number of nitrogens with zero attached hydrogens (tertiary/aromatic N) is 1. The Morgan fingerprint density at radius 3 is 2.38 bits per heavy atom. The van der Waals surface area contributed by atoms with Crippen molar-refractivity contribution in [3.05, 3.63) is 62.2 Å². The standard InChI is InChI=1S/C15H15ClN2O3/c1-9-5-12(6-10(2)15(9)16)21-8-11-3-4-14(18(19)20)13(17)7-11/h3-7H,8,17H2,1-2H3. The smallest absolute Gasteiger partial charge is 0.292 e. The summed E-state index contributed by atoms with van der Waals surface area (Å²) in [4.78, 5) is 10.2. The van der Waals surface area contributed by atoms with Crippen LogP contribution in [0.25, 0.3) is 0 Å². The molecule has 0 unspecified atom stereocenters. The molecular formula is C15H15ClN2O3. The summed E-state index contributed by atoms with van der Waals surface area (Å²) in [6.45, 7) is 4.10. The summed E-state index contributed by atoms with van der Waals surface area (Å²) in [5, 5.41) is 11.4. The topological polar surface area (TPSA) is 78.4 Å². The van der Waals surface area contributed by atoms with E-state index in [9.17, 15) is 10.1 Å². The lowest BCUT2D eigenvalue weighted by molar-refractivity contribution is -0.383. The number of anilines is 1. The predicted octanol–water partition coefficient (Wildman–Crippen LogP) is 4.03. The van der Waals surface area contributed by atoms with Crippen LogP contribution in [0.15, 0.2) is 30.3 Å². The Kier molecular flexibility index (Phi) is 4.33. The van der Waals surface area contributed by atoms with E-state index in [1.54, 1.807) is 12.1 Å². The van der Waals surface area contributed by atoms with Gasteiger partial charge in [-0.05, 0) is 54.8 Å². The molecule has 0 aromatic heterocycles. The number of hydrogen-bond donors (Lipinski definition) is 1. The van der Waals surface area contributed by atoms with E-state index < -0.39 is 4.92 Å². The first-order valence-corrected chi connectivity index (χ1v) is 6.68. The lowest BCUT2D eigenvalue weighted by Crippen LogP contribution is -2.00. The zero-order valence-corrected chi connectivity index (χ0v) is 12.5. The van der Waals surface area contributed by atoms with E-state index >= 15 is 0 Å². The molecule has 21 heavy (non-hydrogen) atoms. The van der Waals surface area contributed by atoms with E-state index in [-0.39, 0.29) is 18.0 Å². The summed E-state index contributed by atoms with van der Waals surface area (Å²) >= 11 is 6.10. The Hall–Kier alpha value is -2.27. The van der Waals surface area contributed by atoms with Crippen LogP contribution in [0.1, 0.15) is 16.7 Å². The molecule has 0 atom stereocenters. The predicted molar refractivity (Wildman–Crippen MR) is 82.8 cm³/mol. The third-order valence-electron chi connectivity index (χ3n) is 3.10. The minimum absolute atomic E-state index is 0.100. The summed E-state index contributed by atoms with van der Waals surface area (Å²) in [5.41, 5.74) is 8.32. The van der Waals surface area contributed by atoms with E-state index in [0.717, 1.165) is 21.7 Å². The van der Waals surface area contributed by atoms with Crippen LogP contribution < -0.4 is 10.5 Å². The van der Waals surface area contributed by atoms with Gasteiger partial charge in [0.05, 0.1) is 4.92 Å². The molecule has 0 fully saturated rings. The second-order valence-electron chi connectivity index (χ2n) is 4.81. The van der Waals surface area contributed by atoms with Crippen LogP contribution in [0.4, 0.5) is 11.4 Å². The van der Waals surface area contributed by atoms with Crippen molar-refractivity contribution in [2.75, 3.05) is 5.73 Å². The molecule has 110 valence electrons. The number of rotatable bonds is 4. The highest BCUT2D eigenvalue weighted by Gasteiger charge is 2.11. The molecule has 0 heterocycles. The molecule has 0 saturated heterocycles. The summed E-state index contributed by atoms with van der Waals surface area (Å²) in [7, 11) is 0. The molecule has 0 amide bonds. The maximum absolute atomic E-state index is 10.7. The number of hydrogen-bond acceptors (Lipinski definition) is 4. The maximum atomic E-state index is 10.7. The fraction of sp³-hybridized carbons (Fsp3) is 0.200. The van der Waals surface area contributed by atoms with Gasteiger partial charge >= 0.3 is 0 Å². The monoisotopic (exact) mass is 306 g/mol. The first-order chi connectivity index (χ1) is 9.88. The van der Waals surface area contributed by atoms with Crippen molar-refractivity contribution in [2.24, 2.45) is 0 Å². The fourth-order valence-corrected chi connectivity index (χ4v) is 2.13. The molecule has 2 aromatic carbocycles. The minimum Gasteiger partial charge on any atom is -0.489 e. The van der Waals surface area contributed by atoms with Gasteiger partial charge in [0.1, 0.15) is 18.0 Å². The quantitative estimate of drug-likeness (QED) is 0.525. The summed E-state index contributed by atoms with van der Waals surface area (Å²) in [6, 6.07) is 8.26. The first-order valence-electron chi connectivity index (χ1n) is 6.31. The number of nitrogen functional groups attached to an aromatic ring is 1. The third-order valence-corrected chi connectivity index (χ3v) is 3.70. The lowest BCUT2D eigenvalue weighted by atomic mass is 10.1. The number of aryl methyl sites for hydroxylation is 2. The Balaban J connectivity index is 2.13. The molecule has 5 nitrogen and oxygen atoms in total. The SMILES string of the molecule is Cc1cc(OCc2ccc([N+](=O)[O-])c(N)c2)cc(C)c1Cl. The van der Waals surface area contributed by atoms with Gasteiger partial charge in [-0.25, -0.2) is 0 Å². The van der Waals surface area contributed by atoms with Crippen molar-refractivity contribution >= 4 is 23.0 Å². The van der Waals surface area contributed by atoms with Gasteiger partial charge in [-0.3, -0.25) is 10.1 Å². The van der Waals surface area contributed by atoms with Crippen molar-refractivity contribution in [3.63, 3.8) is 0 Å². The maximum Gasteiger partial charge on any atom is 0.292 e. The van der Waals surface area contributed by atoms with Crippen LogP contribution in [0, 0.1) is 24.0 Å². The molecule has 0 aliphatic rings. The van der Waals surface area contributed by atoms with E-state index in [1.807, 2.05) is 26.0 Å². The normalized spacial score (nSPS) is 10.4. The number of nitro benzene ring substituents is 1. The average Bonchev–Trinajstić information content (AvgIpc) is 2.42. The van der Waals surface area contributed by atoms with Crippen LogP contribution in [0.5, 0.6) is 5.75 Å². The fourth-order valence-electron chi connectivity index (χ4n) is 2.02. The number of nitro groups is 1. The second kappa shape index (κ2) is 6.01. The van der Waals surface area contributed by atoms with Gasteiger partial charge in [-0.2, -0.15) is 0 Å². The van der Waals surface area contributed by atoms with Gasteiger partial charge in [0.15, 0.2) is 0 Å². The van der Waals surface area contributed by atoms with Crippen LogP contribution in [-0.4, -0.2) is 4.92 Å². The number of nitrogens with two attached hydrogens (primary N) is 1. The van der Waals surface area contributed by atoms with Crippen LogP contribution in [-0.2, 0) is 6.61 Å². The molecule has 0 aliphatic carbocycles. The molecule has 0 bridgehead atoms. The van der Waals surface area contributed by atoms with Gasteiger partial charge in [-0.1, -0.05) is 11.6 Å². The average molecular weight is 307 g/mol. The number of halogens is 1. The molecular weight excluding hydrogens is 292 g/mol. The van der Waals surface area contributed by atoms with Crippen molar-refractivity contribution < 1.29 is 9.66 Å². The molecule has 2 aromatic rings. The Morgan fingerprint density at radius 1 is 1.24 bits per heavy atom. The van der Waals surface area contributed by atoms with Crippen LogP contribution in [0.3, 0.4) is 0 Å². The Morgan fingerprint density at radius 2 is 1.86 bits per heavy atom. The van der Waals surface area contributed by atoms with Crippen LogP contribution >= 0.6 is 11.6 Å². The van der Waals surface area contributed by atoms with E-state index in [4.69, 9.17) is 22.1 Å².